The Hall–Kier alpha value is -2.74. The molecule has 0 saturated heterocycles. The van der Waals surface area contributed by atoms with Crippen LogP contribution in [0.3, 0.4) is 0 Å². The monoisotopic (exact) mass is 430 g/mol. The summed E-state index contributed by atoms with van der Waals surface area (Å²) < 4.78 is 27.6. The standard InChI is InChI=1S/C23H28F2N4O2/c1-3-4-21(23(31)29-22-13-26-18(12-27-22)7-5-14(2)30)28-17-8-6-15-9-16(24)10-20(25)19(15)11-17/h9-10,12-13,17,21,28H,3-8,11H2,1-2H3,(H,27,29,31). The molecule has 8 heteroatoms. The van der Waals surface area contributed by atoms with Crippen LogP contribution in [0, 0.1) is 11.6 Å². The van der Waals surface area contributed by atoms with Crippen molar-refractivity contribution in [1.29, 1.82) is 0 Å². The van der Waals surface area contributed by atoms with Crippen LogP contribution in [0.2, 0.25) is 0 Å². The second kappa shape index (κ2) is 10.5. The molecule has 166 valence electrons. The Bertz CT molecular complexity index is 934. The Balaban J connectivity index is 1.61. The van der Waals surface area contributed by atoms with Gasteiger partial charge in [-0.05, 0) is 56.2 Å². The quantitative estimate of drug-likeness (QED) is 0.636. The highest BCUT2D eigenvalue weighted by molar-refractivity contribution is 5.93. The number of nitrogens with zero attached hydrogens (tertiary/aromatic N) is 2. The molecular formula is C23H28F2N4O2. The van der Waals surface area contributed by atoms with Crippen molar-refractivity contribution in [1.82, 2.24) is 15.3 Å². The Morgan fingerprint density at radius 1 is 1.23 bits per heavy atom. The summed E-state index contributed by atoms with van der Waals surface area (Å²) in [7, 11) is 0. The lowest BCUT2D eigenvalue weighted by Crippen LogP contribution is -2.48. The fourth-order valence-electron chi connectivity index (χ4n) is 3.86. The van der Waals surface area contributed by atoms with E-state index in [-0.39, 0.29) is 17.7 Å². The summed E-state index contributed by atoms with van der Waals surface area (Å²) in [5.41, 5.74) is 1.91. The summed E-state index contributed by atoms with van der Waals surface area (Å²) in [6.45, 7) is 3.52. The minimum Gasteiger partial charge on any atom is -0.308 e. The Kier molecular flexibility index (Phi) is 7.79. The van der Waals surface area contributed by atoms with Crippen LogP contribution in [0.15, 0.2) is 24.5 Å². The number of hydrogen-bond acceptors (Lipinski definition) is 5. The van der Waals surface area contributed by atoms with E-state index >= 15 is 0 Å². The average Bonchev–Trinajstić information content (AvgIpc) is 2.73. The molecule has 1 aromatic carbocycles. The average molecular weight is 430 g/mol. The number of aromatic nitrogens is 2. The summed E-state index contributed by atoms with van der Waals surface area (Å²) in [6, 6.07) is 1.77. The van der Waals surface area contributed by atoms with Gasteiger partial charge in [0.1, 0.15) is 17.4 Å². The second-order valence-electron chi connectivity index (χ2n) is 8.06. The Morgan fingerprint density at radius 2 is 2.03 bits per heavy atom. The van der Waals surface area contributed by atoms with Crippen molar-refractivity contribution in [2.75, 3.05) is 5.32 Å². The molecule has 2 unspecified atom stereocenters. The molecule has 1 aliphatic carbocycles. The zero-order valence-electron chi connectivity index (χ0n) is 17.9. The SMILES string of the molecule is CCCC(NC1CCc2cc(F)cc(F)c2C1)C(=O)Nc1cnc(CCC(C)=O)cn1. The highest BCUT2D eigenvalue weighted by Gasteiger charge is 2.27. The lowest BCUT2D eigenvalue weighted by Gasteiger charge is -2.29. The number of ketones is 1. The summed E-state index contributed by atoms with van der Waals surface area (Å²) in [4.78, 5) is 32.4. The maximum atomic E-state index is 14.2. The summed E-state index contributed by atoms with van der Waals surface area (Å²) in [5.74, 6) is -0.881. The van der Waals surface area contributed by atoms with Crippen molar-refractivity contribution < 1.29 is 18.4 Å². The first-order valence-electron chi connectivity index (χ1n) is 10.7. The minimum absolute atomic E-state index is 0.0743. The second-order valence-corrected chi connectivity index (χ2v) is 8.06. The predicted molar refractivity (Wildman–Crippen MR) is 114 cm³/mol. The molecule has 0 saturated carbocycles. The van der Waals surface area contributed by atoms with E-state index in [9.17, 15) is 18.4 Å². The number of Topliss-reactive ketones (excluding diaryl/α,β-unsaturated/α-hetero) is 1. The third-order valence-corrected chi connectivity index (χ3v) is 5.49. The maximum Gasteiger partial charge on any atom is 0.242 e. The maximum absolute atomic E-state index is 14.2. The zero-order chi connectivity index (χ0) is 22.4. The van der Waals surface area contributed by atoms with Gasteiger partial charge in [-0.2, -0.15) is 0 Å². The van der Waals surface area contributed by atoms with Gasteiger partial charge in [0.15, 0.2) is 5.82 Å². The van der Waals surface area contributed by atoms with Gasteiger partial charge in [0, 0.05) is 18.5 Å². The number of carbonyl (C=O) groups excluding carboxylic acids is 2. The van der Waals surface area contributed by atoms with Crippen molar-refractivity contribution in [3.05, 3.63) is 53.0 Å². The van der Waals surface area contributed by atoms with E-state index in [1.165, 1.54) is 19.2 Å². The molecule has 1 amide bonds. The normalized spacial score (nSPS) is 16.5. The molecule has 1 aliphatic rings. The lowest BCUT2D eigenvalue weighted by molar-refractivity contribution is -0.118. The van der Waals surface area contributed by atoms with E-state index in [1.54, 1.807) is 6.20 Å². The molecule has 0 bridgehead atoms. The fourth-order valence-corrected chi connectivity index (χ4v) is 3.86. The van der Waals surface area contributed by atoms with Gasteiger partial charge in [-0.3, -0.25) is 9.78 Å². The number of anilines is 1. The largest absolute Gasteiger partial charge is 0.308 e. The molecule has 6 nitrogen and oxygen atoms in total. The van der Waals surface area contributed by atoms with Crippen LogP contribution in [0.4, 0.5) is 14.6 Å². The zero-order valence-corrected chi connectivity index (χ0v) is 17.9. The van der Waals surface area contributed by atoms with E-state index in [2.05, 4.69) is 20.6 Å². The number of rotatable bonds is 9. The van der Waals surface area contributed by atoms with E-state index in [0.717, 1.165) is 12.5 Å². The van der Waals surface area contributed by atoms with Gasteiger partial charge in [0.25, 0.3) is 0 Å². The first-order chi connectivity index (χ1) is 14.9. The molecule has 2 aromatic rings. The number of nitrogens with one attached hydrogen (secondary N) is 2. The number of aryl methyl sites for hydroxylation is 2. The van der Waals surface area contributed by atoms with Gasteiger partial charge in [0.05, 0.1) is 24.1 Å². The first-order valence-corrected chi connectivity index (χ1v) is 10.7. The van der Waals surface area contributed by atoms with E-state index in [1.807, 2.05) is 6.92 Å². The van der Waals surface area contributed by atoms with Crippen LogP contribution in [0.5, 0.6) is 0 Å². The smallest absolute Gasteiger partial charge is 0.242 e. The summed E-state index contributed by atoms with van der Waals surface area (Å²) in [5, 5.41) is 6.13. The van der Waals surface area contributed by atoms with Crippen molar-refractivity contribution in [2.45, 2.75) is 70.9 Å². The topological polar surface area (TPSA) is 84.0 Å². The number of fused-ring (bicyclic) bond motifs is 1. The van der Waals surface area contributed by atoms with Crippen LogP contribution in [0.1, 0.15) is 56.4 Å². The lowest BCUT2D eigenvalue weighted by atomic mass is 9.87. The third-order valence-electron chi connectivity index (χ3n) is 5.49. The van der Waals surface area contributed by atoms with E-state index < -0.39 is 17.7 Å². The van der Waals surface area contributed by atoms with Crippen molar-refractivity contribution in [2.24, 2.45) is 0 Å². The van der Waals surface area contributed by atoms with Gasteiger partial charge < -0.3 is 15.4 Å². The third kappa shape index (κ3) is 6.37. The van der Waals surface area contributed by atoms with Crippen LogP contribution >= 0.6 is 0 Å². The highest BCUT2D eigenvalue weighted by atomic mass is 19.1. The molecule has 2 N–H and O–H groups in total. The molecule has 3 rings (SSSR count). The Labute approximate surface area is 180 Å². The molecular weight excluding hydrogens is 402 g/mol. The number of benzene rings is 1. The number of carbonyl (C=O) groups is 2. The van der Waals surface area contributed by atoms with Gasteiger partial charge in [0.2, 0.25) is 5.91 Å². The van der Waals surface area contributed by atoms with E-state index in [0.29, 0.717) is 61.2 Å². The molecule has 0 spiro atoms. The molecule has 0 radical (unpaired) electrons. The predicted octanol–water partition coefficient (Wildman–Crippen LogP) is 3.53. The molecule has 31 heavy (non-hydrogen) atoms. The molecule has 1 aromatic heterocycles. The van der Waals surface area contributed by atoms with Crippen LogP contribution in [-0.2, 0) is 28.9 Å². The summed E-state index contributed by atoms with van der Waals surface area (Å²) in [6.07, 6.45) is 7.05. The molecule has 2 atom stereocenters. The molecule has 1 heterocycles. The van der Waals surface area contributed by atoms with Gasteiger partial charge in [-0.25, -0.2) is 13.8 Å². The van der Waals surface area contributed by atoms with E-state index in [4.69, 9.17) is 0 Å². The fraction of sp³-hybridized carbons (Fsp3) is 0.478. The van der Waals surface area contributed by atoms with Gasteiger partial charge >= 0.3 is 0 Å². The van der Waals surface area contributed by atoms with Crippen molar-refractivity contribution in [3.8, 4) is 0 Å². The molecule has 0 fully saturated rings. The number of amides is 1. The first kappa shape index (κ1) is 22.9. The van der Waals surface area contributed by atoms with Gasteiger partial charge in [-0.1, -0.05) is 13.3 Å². The number of hydrogen-bond donors (Lipinski definition) is 2. The van der Waals surface area contributed by atoms with Crippen molar-refractivity contribution in [3.63, 3.8) is 0 Å². The molecule has 0 aliphatic heterocycles. The van der Waals surface area contributed by atoms with Crippen LogP contribution in [0.25, 0.3) is 0 Å². The highest BCUT2D eigenvalue weighted by Crippen LogP contribution is 2.25. The van der Waals surface area contributed by atoms with Crippen LogP contribution < -0.4 is 10.6 Å². The number of halogens is 2. The van der Waals surface area contributed by atoms with Crippen molar-refractivity contribution >= 4 is 17.5 Å². The Morgan fingerprint density at radius 3 is 2.71 bits per heavy atom. The van der Waals surface area contributed by atoms with Crippen LogP contribution in [-0.4, -0.2) is 33.7 Å². The van der Waals surface area contributed by atoms with Gasteiger partial charge in [-0.15, -0.1) is 0 Å². The minimum atomic E-state index is -0.556. The summed E-state index contributed by atoms with van der Waals surface area (Å²) >= 11 is 0.